The fourth-order valence-electron chi connectivity index (χ4n) is 5.06. The molecule has 2 rings (SSSR count). The molecule has 2 heterocycles. The van der Waals surface area contributed by atoms with E-state index in [4.69, 9.17) is 0 Å². The number of piperazine rings is 1. The molecular formula is C20H41N3. The van der Waals surface area contributed by atoms with E-state index in [1.807, 2.05) is 0 Å². The number of nitrogens with zero attached hydrogens (tertiary/aromatic N) is 3. The van der Waals surface area contributed by atoms with Gasteiger partial charge in [0.05, 0.1) is 0 Å². The van der Waals surface area contributed by atoms with Gasteiger partial charge in [0.15, 0.2) is 0 Å². The Morgan fingerprint density at radius 1 is 0.783 bits per heavy atom. The molecule has 0 aromatic heterocycles. The van der Waals surface area contributed by atoms with E-state index in [-0.39, 0.29) is 5.54 Å². The topological polar surface area (TPSA) is 9.72 Å². The Morgan fingerprint density at radius 2 is 1.26 bits per heavy atom. The summed E-state index contributed by atoms with van der Waals surface area (Å²) in [5.74, 6) is 0.897. The molecule has 3 heteroatoms. The van der Waals surface area contributed by atoms with Crippen LogP contribution in [0.15, 0.2) is 0 Å². The summed E-state index contributed by atoms with van der Waals surface area (Å²) in [5.41, 5.74) is 0.620. The molecule has 136 valence electrons. The zero-order valence-electron chi connectivity index (χ0n) is 17.0. The molecule has 23 heavy (non-hydrogen) atoms. The molecule has 0 aromatic carbocycles. The van der Waals surface area contributed by atoms with Crippen LogP contribution in [0.25, 0.3) is 0 Å². The van der Waals surface area contributed by atoms with Crippen molar-refractivity contribution in [1.29, 1.82) is 0 Å². The van der Waals surface area contributed by atoms with Crippen LogP contribution in [0.1, 0.15) is 68.2 Å². The summed E-state index contributed by atoms with van der Waals surface area (Å²) in [5, 5.41) is 0. The molecule has 0 saturated carbocycles. The molecule has 3 nitrogen and oxygen atoms in total. The third-order valence-electron chi connectivity index (χ3n) is 5.85. The van der Waals surface area contributed by atoms with E-state index >= 15 is 0 Å². The molecule has 0 bridgehead atoms. The van der Waals surface area contributed by atoms with Gasteiger partial charge in [0.2, 0.25) is 0 Å². The van der Waals surface area contributed by atoms with Gasteiger partial charge in [0.1, 0.15) is 0 Å². The Hall–Kier alpha value is -0.120. The van der Waals surface area contributed by atoms with E-state index in [1.165, 1.54) is 45.6 Å². The van der Waals surface area contributed by atoms with Gasteiger partial charge in [-0.25, -0.2) is 0 Å². The molecule has 0 amide bonds. The predicted octanol–water partition coefficient (Wildman–Crippen LogP) is 3.69. The van der Waals surface area contributed by atoms with Crippen molar-refractivity contribution in [2.24, 2.45) is 5.92 Å². The summed E-state index contributed by atoms with van der Waals surface area (Å²) in [4.78, 5) is 8.12. The maximum Gasteiger partial charge on any atom is 0.0203 e. The lowest BCUT2D eigenvalue weighted by Gasteiger charge is -2.51. The lowest BCUT2D eigenvalue weighted by molar-refractivity contribution is -0.0306. The largest absolute Gasteiger partial charge is 0.300 e. The van der Waals surface area contributed by atoms with E-state index in [0.717, 1.165) is 5.92 Å². The number of piperidine rings is 1. The third-order valence-corrected chi connectivity index (χ3v) is 5.85. The van der Waals surface area contributed by atoms with Crippen molar-refractivity contribution in [2.75, 3.05) is 32.7 Å². The lowest BCUT2D eigenvalue weighted by Crippen LogP contribution is -2.63. The Bertz CT molecular complexity index is 359. The summed E-state index contributed by atoms with van der Waals surface area (Å²) in [6.07, 6.45) is 2.75. The first-order valence-electron chi connectivity index (χ1n) is 9.74. The maximum absolute atomic E-state index is 2.75. The Labute approximate surface area is 145 Å². The fraction of sp³-hybridized carbons (Fsp3) is 1.00. The molecule has 0 N–H and O–H groups in total. The van der Waals surface area contributed by atoms with Gasteiger partial charge in [-0.2, -0.15) is 0 Å². The van der Waals surface area contributed by atoms with E-state index in [9.17, 15) is 0 Å². The van der Waals surface area contributed by atoms with Gasteiger partial charge in [-0.15, -0.1) is 0 Å². The Balaban J connectivity index is 1.84. The second-order valence-corrected chi connectivity index (χ2v) is 10.1. The van der Waals surface area contributed by atoms with Crippen LogP contribution in [-0.4, -0.2) is 70.6 Å². The minimum absolute atomic E-state index is 0.281. The molecule has 2 saturated heterocycles. The smallest absolute Gasteiger partial charge is 0.0203 e. The number of hydrogen-bond acceptors (Lipinski definition) is 3. The average molecular weight is 324 g/mol. The van der Waals surface area contributed by atoms with Crippen LogP contribution in [0.5, 0.6) is 0 Å². The highest BCUT2D eigenvalue weighted by molar-refractivity contribution is 4.93. The summed E-state index contributed by atoms with van der Waals surface area (Å²) in [7, 11) is 0. The van der Waals surface area contributed by atoms with E-state index in [1.54, 1.807) is 0 Å². The summed E-state index contributed by atoms with van der Waals surface area (Å²) < 4.78 is 0. The molecule has 2 aliphatic rings. The second-order valence-electron chi connectivity index (χ2n) is 10.1. The van der Waals surface area contributed by atoms with Crippen LogP contribution in [0, 0.1) is 5.92 Å². The number of rotatable bonds is 2. The van der Waals surface area contributed by atoms with Crippen molar-refractivity contribution in [3.05, 3.63) is 0 Å². The average Bonchev–Trinajstić information content (AvgIpc) is 2.35. The molecule has 0 spiro atoms. The van der Waals surface area contributed by atoms with Gasteiger partial charge in [-0.3, -0.25) is 14.7 Å². The minimum atomic E-state index is 0.281. The quantitative estimate of drug-likeness (QED) is 0.767. The van der Waals surface area contributed by atoms with E-state index < -0.39 is 0 Å². The molecule has 0 aromatic rings. The Kier molecular flexibility index (Phi) is 5.86. The molecular weight excluding hydrogens is 282 g/mol. The normalized spacial score (nSPS) is 30.8. The van der Waals surface area contributed by atoms with Crippen LogP contribution in [0.3, 0.4) is 0 Å². The number of likely N-dealkylation sites (tertiary alicyclic amines) is 1. The van der Waals surface area contributed by atoms with Crippen molar-refractivity contribution >= 4 is 0 Å². The summed E-state index contributed by atoms with van der Waals surface area (Å²) >= 11 is 0. The van der Waals surface area contributed by atoms with Gasteiger partial charge in [-0.05, 0) is 87.2 Å². The fourth-order valence-corrected chi connectivity index (χ4v) is 5.06. The molecule has 0 radical (unpaired) electrons. The van der Waals surface area contributed by atoms with E-state index in [2.05, 4.69) is 70.1 Å². The highest BCUT2D eigenvalue weighted by atomic mass is 15.3. The summed E-state index contributed by atoms with van der Waals surface area (Å²) in [6.45, 7) is 25.3. The van der Waals surface area contributed by atoms with Crippen molar-refractivity contribution < 1.29 is 0 Å². The standard InChI is InChI=1S/C20H41N3/c1-16-13-21(14-17(2)23(16)20(6,7)8)15-18-9-11-22(12-10-18)19(3,4)5/h16-18H,9-15H2,1-8H3/t16-,17+. The molecule has 2 atom stereocenters. The second kappa shape index (κ2) is 7.01. The third kappa shape index (κ3) is 4.93. The van der Waals surface area contributed by atoms with Crippen LogP contribution >= 0.6 is 0 Å². The first-order chi connectivity index (χ1) is 10.5. The van der Waals surface area contributed by atoms with E-state index in [0.29, 0.717) is 17.6 Å². The highest BCUT2D eigenvalue weighted by Crippen LogP contribution is 2.28. The maximum atomic E-state index is 2.75. The van der Waals surface area contributed by atoms with Crippen molar-refractivity contribution in [1.82, 2.24) is 14.7 Å². The van der Waals surface area contributed by atoms with Crippen LogP contribution in [-0.2, 0) is 0 Å². The van der Waals surface area contributed by atoms with Crippen LogP contribution in [0.4, 0.5) is 0 Å². The van der Waals surface area contributed by atoms with Crippen LogP contribution in [0.2, 0.25) is 0 Å². The molecule has 2 fully saturated rings. The van der Waals surface area contributed by atoms with Gasteiger partial charge >= 0.3 is 0 Å². The predicted molar refractivity (Wildman–Crippen MR) is 101 cm³/mol. The lowest BCUT2D eigenvalue weighted by atomic mass is 9.91. The van der Waals surface area contributed by atoms with Gasteiger partial charge in [0.25, 0.3) is 0 Å². The van der Waals surface area contributed by atoms with Gasteiger partial charge in [0, 0.05) is 42.8 Å². The first kappa shape index (κ1) is 19.2. The molecule has 0 unspecified atom stereocenters. The summed E-state index contributed by atoms with van der Waals surface area (Å²) in [6, 6.07) is 1.32. The zero-order valence-corrected chi connectivity index (χ0v) is 17.0. The molecule has 0 aliphatic carbocycles. The first-order valence-corrected chi connectivity index (χ1v) is 9.74. The van der Waals surface area contributed by atoms with Crippen molar-refractivity contribution in [3.63, 3.8) is 0 Å². The zero-order chi connectivity index (χ0) is 17.4. The monoisotopic (exact) mass is 323 g/mol. The Morgan fingerprint density at radius 3 is 1.65 bits per heavy atom. The van der Waals surface area contributed by atoms with Gasteiger partial charge in [-0.1, -0.05) is 0 Å². The number of hydrogen-bond donors (Lipinski definition) is 0. The van der Waals surface area contributed by atoms with Crippen LogP contribution < -0.4 is 0 Å². The van der Waals surface area contributed by atoms with Crippen molar-refractivity contribution in [2.45, 2.75) is 91.4 Å². The van der Waals surface area contributed by atoms with Gasteiger partial charge < -0.3 is 0 Å². The molecule has 2 aliphatic heterocycles. The minimum Gasteiger partial charge on any atom is -0.300 e. The SMILES string of the molecule is C[C@@H]1CN(CC2CCN(C(C)(C)C)CC2)C[C@H](C)N1C(C)(C)C. The highest BCUT2D eigenvalue weighted by Gasteiger charge is 2.37. The van der Waals surface area contributed by atoms with Crippen molar-refractivity contribution in [3.8, 4) is 0 Å².